The van der Waals surface area contributed by atoms with Gasteiger partial charge < -0.3 is 10.6 Å². The van der Waals surface area contributed by atoms with Gasteiger partial charge in [-0.3, -0.25) is 10.1 Å². The summed E-state index contributed by atoms with van der Waals surface area (Å²) in [5.74, 6) is 0.833. The third-order valence-corrected chi connectivity index (χ3v) is 4.62. The second-order valence-corrected chi connectivity index (χ2v) is 5.94. The quantitative estimate of drug-likeness (QED) is 0.704. The van der Waals surface area contributed by atoms with Crippen LogP contribution < -0.4 is 16.0 Å². The maximum atomic E-state index is 11.6. The minimum absolute atomic E-state index is 0.286. The number of amides is 3. The average molecular weight is 277 g/mol. The topological polar surface area (TPSA) is 70.2 Å². The molecule has 2 fully saturated rings. The summed E-state index contributed by atoms with van der Waals surface area (Å²) in [5.41, 5.74) is 2.08. The Labute approximate surface area is 115 Å². The molecule has 2 aliphatic rings. The van der Waals surface area contributed by atoms with Crippen LogP contribution in [0.2, 0.25) is 0 Å². The highest BCUT2D eigenvalue weighted by molar-refractivity contribution is 7.99. The van der Waals surface area contributed by atoms with Crippen molar-refractivity contribution in [3.05, 3.63) is 35.4 Å². The Bertz CT molecular complexity index is 497. The lowest BCUT2D eigenvalue weighted by Gasteiger charge is -2.23. The molecule has 0 spiro atoms. The van der Waals surface area contributed by atoms with Gasteiger partial charge >= 0.3 is 6.03 Å². The molecule has 1 aromatic carbocycles. The van der Waals surface area contributed by atoms with E-state index in [0.29, 0.717) is 5.25 Å². The van der Waals surface area contributed by atoms with Crippen LogP contribution in [0.5, 0.6) is 0 Å². The molecule has 0 aliphatic carbocycles. The molecule has 3 N–H and O–H groups in total. The van der Waals surface area contributed by atoms with Gasteiger partial charge in [-0.15, -0.1) is 0 Å². The Hall–Kier alpha value is -1.53. The van der Waals surface area contributed by atoms with Crippen LogP contribution in [-0.2, 0) is 4.79 Å². The van der Waals surface area contributed by atoms with Crippen molar-refractivity contribution in [1.82, 2.24) is 16.0 Å². The summed E-state index contributed by atoms with van der Waals surface area (Å²) < 4.78 is 0. The highest BCUT2D eigenvalue weighted by atomic mass is 32.2. The van der Waals surface area contributed by atoms with Crippen molar-refractivity contribution < 1.29 is 9.59 Å². The third-order valence-electron chi connectivity index (χ3n) is 3.34. The van der Waals surface area contributed by atoms with E-state index in [1.165, 1.54) is 5.56 Å². The van der Waals surface area contributed by atoms with Crippen molar-refractivity contribution in [3.63, 3.8) is 0 Å². The fourth-order valence-electron chi connectivity index (χ4n) is 2.33. The molecule has 6 heteroatoms. The molecule has 1 aromatic rings. The lowest BCUT2D eigenvalue weighted by molar-refractivity contribution is -0.120. The van der Waals surface area contributed by atoms with E-state index in [9.17, 15) is 9.59 Å². The van der Waals surface area contributed by atoms with Crippen LogP contribution in [0.1, 0.15) is 22.4 Å². The molecule has 0 aromatic heterocycles. The largest absolute Gasteiger partial charge is 0.322 e. The van der Waals surface area contributed by atoms with E-state index in [4.69, 9.17) is 0 Å². The van der Waals surface area contributed by atoms with Crippen molar-refractivity contribution in [3.8, 4) is 0 Å². The second-order valence-electron chi connectivity index (χ2n) is 4.63. The predicted molar refractivity (Wildman–Crippen MR) is 73.9 cm³/mol. The highest BCUT2D eigenvalue weighted by Gasteiger charge is 2.30. The Balaban J connectivity index is 1.75. The number of carbonyl (C=O) groups is 2. The first-order chi connectivity index (χ1) is 9.24. The fourth-order valence-corrected chi connectivity index (χ4v) is 3.47. The van der Waals surface area contributed by atoms with Crippen LogP contribution in [0.3, 0.4) is 0 Å². The molecule has 100 valence electrons. The average Bonchev–Trinajstić information content (AvgIpc) is 2.79. The van der Waals surface area contributed by atoms with Crippen LogP contribution in [0.4, 0.5) is 4.79 Å². The van der Waals surface area contributed by atoms with Gasteiger partial charge in [-0.25, -0.2) is 4.79 Å². The Morgan fingerprint density at radius 2 is 1.84 bits per heavy atom. The van der Waals surface area contributed by atoms with Crippen molar-refractivity contribution in [2.75, 3.05) is 18.8 Å². The van der Waals surface area contributed by atoms with E-state index in [1.54, 1.807) is 0 Å². The Morgan fingerprint density at radius 3 is 2.42 bits per heavy atom. The zero-order valence-corrected chi connectivity index (χ0v) is 11.1. The summed E-state index contributed by atoms with van der Waals surface area (Å²) in [6, 6.07) is 6.93. The van der Waals surface area contributed by atoms with E-state index in [1.807, 2.05) is 36.0 Å². The summed E-state index contributed by atoms with van der Waals surface area (Å²) >= 11 is 1.94. The molecule has 5 nitrogen and oxygen atoms in total. The molecule has 2 saturated heterocycles. The fraction of sp³-hybridized carbons (Fsp3) is 0.385. The van der Waals surface area contributed by atoms with Crippen molar-refractivity contribution in [2.24, 2.45) is 0 Å². The SMILES string of the molecule is O=C1NC(=O)C(c2ccc(C3CNCCS3)cc2)N1. The number of rotatable bonds is 2. The number of benzene rings is 1. The van der Waals surface area contributed by atoms with Gasteiger partial charge in [-0.1, -0.05) is 24.3 Å². The first-order valence-corrected chi connectivity index (χ1v) is 7.32. The van der Waals surface area contributed by atoms with Crippen LogP contribution in [0, 0.1) is 0 Å². The Morgan fingerprint density at radius 1 is 1.11 bits per heavy atom. The molecule has 2 unspecified atom stereocenters. The molecule has 2 heterocycles. The van der Waals surface area contributed by atoms with Gasteiger partial charge in [0, 0.05) is 24.1 Å². The van der Waals surface area contributed by atoms with Gasteiger partial charge in [0.2, 0.25) is 0 Å². The standard InChI is InChI=1S/C13H15N3O2S/c17-12-11(15-13(18)16-12)9-3-1-8(2-4-9)10-7-14-5-6-19-10/h1-4,10-11,14H,5-7H2,(H2,15,16,17,18). The van der Waals surface area contributed by atoms with Crippen LogP contribution in [0.15, 0.2) is 24.3 Å². The summed E-state index contributed by atoms with van der Waals surface area (Å²) in [6.07, 6.45) is 0. The van der Waals surface area contributed by atoms with Crippen LogP contribution in [0.25, 0.3) is 0 Å². The molecule has 3 amide bonds. The smallest absolute Gasteiger partial charge is 0.322 e. The van der Waals surface area contributed by atoms with E-state index >= 15 is 0 Å². The molecule has 2 aliphatic heterocycles. The number of imide groups is 1. The first-order valence-electron chi connectivity index (χ1n) is 6.27. The summed E-state index contributed by atoms with van der Waals surface area (Å²) in [6.45, 7) is 2.04. The van der Waals surface area contributed by atoms with Gasteiger partial charge in [0.05, 0.1) is 0 Å². The van der Waals surface area contributed by atoms with Crippen LogP contribution >= 0.6 is 11.8 Å². The molecule has 0 bridgehead atoms. The predicted octanol–water partition coefficient (Wildman–Crippen LogP) is 0.945. The molecule has 3 rings (SSSR count). The van der Waals surface area contributed by atoms with E-state index in [2.05, 4.69) is 16.0 Å². The molecule has 19 heavy (non-hydrogen) atoms. The van der Waals surface area contributed by atoms with Gasteiger partial charge in [-0.2, -0.15) is 11.8 Å². The number of urea groups is 1. The summed E-state index contributed by atoms with van der Waals surface area (Å²) in [7, 11) is 0. The summed E-state index contributed by atoms with van der Waals surface area (Å²) in [5, 5.41) is 8.68. The summed E-state index contributed by atoms with van der Waals surface area (Å²) in [4.78, 5) is 22.7. The number of hydrogen-bond acceptors (Lipinski definition) is 4. The number of nitrogens with one attached hydrogen (secondary N) is 3. The van der Waals surface area contributed by atoms with E-state index in [-0.39, 0.29) is 5.91 Å². The van der Waals surface area contributed by atoms with Gasteiger partial charge in [0.1, 0.15) is 6.04 Å². The lowest BCUT2D eigenvalue weighted by atomic mass is 10.0. The van der Waals surface area contributed by atoms with Gasteiger partial charge in [0.25, 0.3) is 5.91 Å². The Kier molecular flexibility index (Phi) is 3.44. The molecule has 0 radical (unpaired) electrons. The molecule has 2 atom stereocenters. The monoisotopic (exact) mass is 277 g/mol. The highest BCUT2D eigenvalue weighted by Crippen LogP contribution is 2.30. The third kappa shape index (κ3) is 2.59. The van der Waals surface area contributed by atoms with E-state index in [0.717, 1.165) is 24.4 Å². The van der Waals surface area contributed by atoms with Crippen LogP contribution in [-0.4, -0.2) is 30.8 Å². The maximum Gasteiger partial charge on any atom is 0.322 e. The normalized spacial score (nSPS) is 26.9. The molecular weight excluding hydrogens is 262 g/mol. The minimum Gasteiger partial charge on any atom is -0.322 e. The first kappa shape index (κ1) is 12.5. The number of carbonyl (C=O) groups excluding carboxylic acids is 2. The lowest BCUT2D eigenvalue weighted by Crippen LogP contribution is -2.28. The maximum absolute atomic E-state index is 11.6. The molecule has 0 saturated carbocycles. The second kappa shape index (κ2) is 5.22. The van der Waals surface area contributed by atoms with Crippen molar-refractivity contribution in [2.45, 2.75) is 11.3 Å². The minimum atomic E-state index is -0.557. The van der Waals surface area contributed by atoms with Crippen molar-refractivity contribution >= 4 is 23.7 Å². The zero-order valence-electron chi connectivity index (χ0n) is 10.3. The number of thioether (sulfide) groups is 1. The van der Waals surface area contributed by atoms with Gasteiger partial charge in [0.15, 0.2) is 0 Å². The molecular formula is C13H15N3O2S. The van der Waals surface area contributed by atoms with Crippen molar-refractivity contribution in [1.29, 1.82) is 0 Å². The van der Waals surface area contributed by atoms with Gasteiger partial charge in [-0.05, 0) is 11.1 Å². The number of hydrogen-bond donors (Lipinski definition) is 3. The zero-order chi connectivity index (χ0) is 13.2. The van der Waals surface area contributed by atoms with E-state index < -0.39 is 12.1 Å².